The molecule has 0 saturated carbocycles. The van der Waals surface area contributed by atoms with Gasteiger partial charge in [-0.15, -0.1) is 0 Å². The smallest absolute Gasteiger partial charge is 0.0563 e. The molecule has 402 valence electrons. The molecule has 3 amide bonds. The zero-order chi connectivity index (χ0) is 54.4. The molecular formula is C54H67F4InN8O7S. The summed E-state index contributed by atoms with van der Waals surface area (Å²) in [6.07, 6.45) is -1.94. The number of carbonyl (C=O) groups excluding carboxylic acids is 5. The van der Waals surface area contributed by atoms with Crippen molar-refractivity contribution in [2.45, 2.75) is 137 Å². The van der Waals surface area contributed by atoms with E-state index in [2.05, 4.69) is 32.5 Å². The normalized spacial score (nSPS) is 22.4. The number of ether oxygens (including phenoxy) is 2. The van der Waals surface area contributed by atoms with E-state index in [-0.39, 0.29) is 39.0 Å². The van der Waals surface area contributed by atoms with Crippen LogP contribution in [0.3, 0.4) is 0 Å². The summed E-state index contributed by atoms with van der Waals surface area (Å²) in [6.45, 7) is 13.1. The Morgan fingerprint density at radius 2 is 1.83 bits per heavy atom. The molecule has 21 heteroatoms. The molecule has 75 heavy (non-hydrogen) atoms. The van der Waals surface area contributed by atoms with E-state index in [0.29, 0.717) is 62.5 Å². The van der Waals surface area contributed by atoms with Crippen LogP contribution in [0.2, 0.25) is 8.35 Å². The number of alkyl halides is 4. The van der Waals surface area contributed by atoms with Crippen LogP contribution < -0.4 is 10.7 Å². The van der Waals surface area contributed by atoms with Gasteiger partial charge < -0.3 is 9.30 Å². The van der Waals surface area contributed by atoms with Crippen molar-refractivity contribution in [3.8, 4) is 33.7 Å². The summed E-state index contributed by atoms with van der Waals surface area (Å²) in [5, 5.41) is 7.06. The molecule has 15 nitrogen and oxygen atoms in total. The molecule has 2 unspecified atom stereocenters. The van der Waals surface area contributed by atoms with Crippen molar-refractivity contribution in [1.29, 1.82) is 0 Å². The zero-order valence-electron chi connectivity index (χ0n) is 44.2. The minimum Gasteiger partial charge on any atom is -0.0563 e. The Morgan fingerprint density at radius 1 is 1.08 bits per heavy atom. The van der Waals surface area contributed by atoms with Crippen LogP contribution in [0.4, 0.5) is 17.6 Å². The fourth-order valence-corrected chi connectivity index (χ4v) is 20.5. The molecule has 1 aromatic carbocycles. The second-order valence-corrected chi connectivity index (χ2v) is 31.2. The monoisotopic (exact) mass is 1160 g/mol. The number of hydrogen-bond donors (Lipinski definition) is 2. The fraction of sp³-hybridized carbons (Fsp3) is 0.574. The molecule has 4 aliphatic heterocycles. The third-order valence-electron chi connectivity index (χ3n) is 15.2. The van der Waals surface area contributed by atoms with Gasteiger partial charge in [0, 0.05) is 18.9 Å². The minimum absolute atomic E-state index is 0.0136. The number of thiazole rings is 1. The maximum absolute atomic E-state index is 16.9. The van der Waals surface area contributed by atoms with Gasteiger partial charge in [-0.2, -0.15) is 13.2 Å². The summed E-state index contributed by atoms with van der Waals surface area (Å²) in [5.74, 6) is 2.99. The fourth-order valence-electron chi connectivity index (χ4n) is 10.9. The SMILES string of the molecule is CO[C@@H](C)c1ncccc1-c1c2c3cc(ccc3n1CC(F)(F)F)-c1nc(cs1)CC(NC(=O)[CH](C(C)C)[In]([CH3])[C](=O)[C@@]1(F)CCN(C(=O)C#CC(C)(C)N3CCC3)C1)C(=O)N1CCC[C@H](N1)C(=O)OCC(C)(C)C2. The third-order valence-corrected chi connectivity index (χ3v) is 26.1. The van der Waals surface area contributed by atoms with Crippen LogP contribution >= 0.6 is 11.3 Å². The van der Waals surface area contributed by atoms with Crippen LogP contribution in [0.25, 0.3) is 32.7 Å². The van der Waals surface area contributed by atoms with Gasteiger partial charge in [0.15, 0.2) is 0 Å². The number of hydrazine groups is 1. The summed E-state index contributed by atoms with van der Waals surface area (Å²) in [4.78, 5) is 83.9. The molecule has 4 aliphatic rings. The molecule has 5 atom stereocenters. The number of halogens is 4. The third kappa shape index (κ3) is 12.3. The van der Waals surface area contributed by atoms with Gasteiger partial charge in [-0.1, -0.05) is 13.8 Å². The van der Waals surface area contributed by atoms with Gasteiger partial charge >= 0.3 is 340 Å². The number of aromatic nitrogens is 3. The number of cyclic esters (lactones) is 1. The molecule has 6 bridgehead atoms. The number of amides is 3. The Hall–Kier alpha value is -4.88. The Bertz CT molecular complexity index is 2910. The van der Waals surface area contributed by atoms with Gasteiger partial charge in [-0.25, -0.2) is 0 Å². The van der Waals surface area contributed by atoms with Crippen molar-refractivity contribution in [2.24, 2.45) is 11.3 Å². The number of carbonyl (C=O) groups is 5. The number of likely N-dealkylation sites (tertiary alicyclic amines) is 2. The van der Waals surface area contributed by atoms with E-state index in [4.69, 9.17) is 14.5 Å². The van der Waals surface area contributed by atoms with E-state index in [0.717, 1.165) is 19.5 Å². The van der Waals surface area contributed by atoms with E-state index in [1.165, 1.54) is 32.9 Å². The number of fused-ring (bicyclic) bond motifs is 6. The number of hydrogen-bond acceptors (Lipinski definition) is 12. The van der Waals surface area contributed by atoms with Crippen molar-refractivity contribution in [2.75, 3.05) is 46.4 Å². The second-order valence-electron chi connectivity index (χ2n) is 22.3. The van der Waals surface area contributed by atoms with Gasteiger partial charge in [-0.05, 0) is 25.5 Å². The van der Waals surface area contributed by atoms with Crippen molar-refractivity contribution in [3.63, 3.8) is 0 Å². The van der Waals surface area contributed by atoms with Crippen LogP contribution in [0.15, 0.2) is 41.9 Å². The van der Waals surface area contributed by atoms with Gasteiger partial charge in [0.25, 0.3) is 0 Å². The number of esters is 1. The molecule has 0 spiro atoms. The number of benzene rings is 1. The van der Waals surface area contributed by atoms with E-state index < -0.39 is 112 Å². The maximum atomic E-state index is 16.9. The van der Waals surface area contributed by atoms with Crippen LogP contribution in [-0.2, 0) is 52.8 Å². The van der Waals surface area contributed by atoms with Gasteiger partial charge in [0.1, 0.15) is 6.54 Å². The second kappa shape index (κ2) is 22.2. The molecule has 0 radical (unpaired) electrons. The molecular weight excluding hydrogens is 1100 g/mol. The Kier molecular flexibility index (Phi) is 16.7. The molecule has 3 fully saturated rings. The van der Waals surface area contributed by atoms with Crippen molar-refractivity contribution in [3.05, 3.63) is 58.9 Å². The summed E-state index contributed by atoms with van der Waals surface area (Å²) >= 11 is -2.68. The van der Waals surface area contributed by atoms with Crippen LogP contribution in [-0.4, -0.2) is 154 Å². The Morgan fingerprint density at radius 3 is 2.51 bits per heavy atom. The van der Waals surface area contributed by atoms with Crippen LogP contribution in [0, 0.1) is 23.2 Å². The first kappa shape index (κ1) is 56.3. The number of nitrogens with one attached hydrogen (secondary N) is 2. The molecule has 0 aliphatic carbocycles. The Balaban J connectivity index is 1.13. The van der Waals surface area contributed by atoms with E-state index in [1.54, 1.807) is 61.3 Å². The number of nitrogens with zero attached hydrogens (tertiary/aromatic N) is 6. The van der Waals surface area contributed by atoms with Gasteiger partial charge in [0.2, 0.25) is 0 Å². The zero-order valence-corrected chi connectivity index (χ0v) is 48.3. The summed E-state index contributed by atoms with van der Waals surface area (Å²) in [5.41, 5.74) is 2.50. The quantitative estimate of drug-likeness (QED) is 0.0871. The summed E-state index contributed by atoms with van der Waals surface area (Å²) in [6, 6.07) is 6.37. The van der Waals surface area contributed by atoms with Crippen molar-refractivity contribution in [1.82, 2.24) is 40.1 Å². The first-order valence-electron chi connectivity index (χ1n) is 25.8. The first-order chi connectivity index (χ1) is 35.3. The number of methoxy groups -OCH3 is 1. The average Bonchev–Trinajstić information content (AvgIpc) is 4.07. The van der Waals surface area contributed by atoms with Crippen molar-refractivity contribution >= 4 is 70.9 Å². The topological polar surface area (TPSA) is 168 Å². The van der Waals surface area contributed by atoms with Gasteiger partial charge in [-0.3, -0.25) is 4.98 Å². The molecule has 2 N–H and O–H groups in total. The molecule has 8 rings (SSSR count). The number of rotatable bonds is 11. The summed E-state index contributed by atoms with van der Waals surface area (Å²) in [7, 11) is 1.51. The summed E-state index contributed by atoms with van der Waals surface area (Å²) < 4.78 is 74.1. The molecule has 7 heterocycles. The van der Waals surface area contributed by atoms with E-state index in [1.807, 2.05) is 33.8 Å². The predicted molar refractivity (Wildman–Crippen MR) is 278 cm³/mol. The van der Waals surface area contributed by atoms with E-state index >= 15 is 4.39 Å². The van der Waals surface area contributed by atoms with Gasteiger partial charge in [0.05, 0.1) is 17.5 Å². The van der Waals surface area contributed by atoms with Crippen LogP contribution in [0.1, 0.15) is 97.2 Å². The van der Waals surface area contributed by atoms with E-state index in [9.17, 15) is 37.1 Å². The van der Waals surface area contributed by atoms with Crippen LogP contribution in [0.5, 0.6) is 0 Å². The average molecular weight is 1160 g/mol. The molecule has 3 saturated heterocycles. The molecule has 4 aromatic rings. The first-order valence-corrected chi connectivity index (χ1v) is 33.5. The number of pyridine rings is 1. The standard InChI is InChI=1S/C39H46F3N6O5S.C14H18FN2O2.CH3.In/c1-22(2)15-32(49)45-30-17-25-19-54-35(44-25)24-11-12-31-27(16-24)28(18-38(4,5)21-53-37(51)29-10-8-14-48(46-29)36(30)50)34(47(31)20-39(40,41)42)26-9-7-13-43-33(26)23(3)52-6;1-13(2,17-7-3-8-17)5-4-12(19)16-9-6-14(15,10-16)11-18;;/h7,9,11-13,15-16,19,22-23,29-30,46H,8,10,14,17-18,20-21H2,1-6H3,(H,45,49);3,6-10H2,1-2H3;1H3;/t23-,29-,30?;14-;;/m01../s1. The Labute approximate surface area is 447 Å². The predicted octanol–water partition coefficient (Wildman–Crippen LogP) is 7.43. The van der Waals surface area contributed by atoms with Crippen molar-refractivity contribution < 1.29 is 51.0 Å². The minimum atomic E-state index is -4.61. The molecule has 3 aromatic heterocycles.